The average molecular weight is 606 g/mol. The van der Waals surface area contributed by atoms with Gasteiger partial charge in [-0.05, 0) is 42.6 Å². The molecule has 0 bridgehead atoms. The van der Waals surface area contributed by atoms with E-state index in [1.165, 1.54) is 0 Å². The van der Waals surface area contributed by atoms with Gasteiger partial charge in [-0.15, -0.1) is 0 Å². The summed E-state index contributed by atoms with van der Waals surface area (Å²) in [6.07, 6.45) is -0.454. The number of carbonyl (C=O) groups is 2. The van der Waals surface area contributed by atoms with Gasteiger partial charge in [0.1, 0.15) is 0 Å². The summed E-state index contributed by atoms with van der Waals surface area (Å²) < 4.78 is 12.9. The lowest BCUT2D eigenvalue weighted by atomic mass is 9.98. The van der Waals surface area contributed by atoms with E-state index in [-0.39, 0.29) is 43.6 Å². The van der Waals surface area contributed by atoms with Gasteiger partial charge in [0.15, 0.2) is 6.29 Å². The Balaban J connectivity index is 1.42. The summed E-state index contributed by atoms with van der Waals surface area (Å²) in [4.78, 5) is 25.3. The Morgan fingerprint density at radius 3 is 2.20 bits per heavy atom. The van der Waals surface area contributed by atoms with Crippen molar-refractivity contribution in [2.75, 3.05) is 13.6 Å². The first kappa shape index (κ1) is 33.3. The van der Waals surface area contributed by atoms with Gasteiger partial charge in [0, 0.05) is 44.0 Å². The molecule has 1 aliphatic heterocycles. The molecule has 0 saturated carbocycles. The average Bonchev–Trinajstić information content (AvgIpc) is 3.07. The summed E-state index contributed by atoms with van der Waals surface area (Å²) in [7, 11) is 1.99. The lowest BCUT2D eigenvalue weighted by Crippen LogP contribution is -2.43. The smallest absolute Gasteiger partial charge is 0.243 e. The predicted molar refractivity (Wildman–Crippen MR) is 164 cm³/mol. The molecule has 3 aromatic carbocycles. The van der Waals surface area contributed by atoms with Crippen LogP contribution in [0.2, 0.25) is 0 Å². The lowest BCUT2D eigenvalue weighted by molar-refractivity contribution is -0.253. The van der Waals surface area contributed by atoms with Crippen LogP contribution in [0.15, 0.2) is 78.9 Å². The van der Waals surface area contributed by atoms with Crippen molar-refractivity contribution in [3.8, 4) is 0 Å². The number of rotatable bonds is 14. The van der Waals surface area contributed by atoms with Gasteiger partial charge in [-0.2, -0.15) is 0 Å². The second kappa shape index (κ2) is 16.4. The minimum absolute atomic E-state index is 0.0275. The van der Waals surface area contributed by atoms with Crippen LogP contribution in [0.4, 0.5) is 0 Å². The fourth-order valence-corrected chi connectivity index (χ4v) is 5.24. The molecular formula is C34H43N3O7. The third kappa shape index (κ3) is 9.43. The quantitative estimate of drug-likeness (QED) is 0.137. The third-order valence-corrected chi connectivity index (χ3v) is 8.07. The van der Waals surface area contributed by atoms with Crippen molar-refractivity contribution in [2.45, 2.75) is 76.4 Å². The van der Waals surface area contributed by atoms with Gasteiger partial charge in [0.05, 0.1) is 24.9 Å². The van der Waals surface area contributed by atoms with E-state index >= 15 is 0 Å². The first-order chi connectivity index (χ1) is 21.3. The van der Waals surface area contributed by atoms with E-state index in [9.17, 15) is 19.8 Å². The molecule has 236 valence electrons. The number of aliphatic hydroxyl groups is 2. The number of aliphatic hydroxyl groups excluding tert-OH is 2. The van der Waals surface area contributed by atoms with Crippen LogP contribution in [0, 0.1) is 0 Å². The van der Waals surface area contributed by atoms with Crippen LogP contribution >= 0.6 is 0 Å². The monoisotopic (exact) mass is 605 g/mol. The number of carbonyl (C=O) groups excluding carboxylic acids is 2. The maximum Gasteiger partial charge on any atom is 0.243 e. The molecule has 0 aliphatic carbocycles. The Hall–Kier alpha value is -3.64. The van der Waals surface area contributed by atoms with Crippen LogP contribution in [0.3, 0.4) is 0 Å². The zero-order valence-corrected chi connectivity index (χ0v) is 25.3. The van der Waals surface area contributed by atoms with Crippen molar-refractivity contribution < 1.29 is 34.5 Å². The van der Waals surface area contributed by atoms with Crippen molar-refractivity contribution in [1.29, 1.82) is 0 Å². The van der Waals surface area contributed by atoms with E-state index in [1.54, 1.807) is 5.48 Å². The highest BCUT2D eigenvalue weighted by Gasteiger charge is 2.34. The van der Waals surface area contributed by atoms with Gasteiger partial charge >= 0.3 is 0 Å². The van der Waals surface area contributed by atoms with Crippen LogP contribution in [0.1, 0.15) is 78.9 Å². The molecule has 2 amide bonds. The molecule has 4 rings (SSSR count). The molecule has 44 heavy (non-hydrogen) atoms. The number of nitrogens with one attached hydrogen (secondary N) is 2. The first-order valence-corrected chi connectivity index (χ1v) is 15.0. The Labute approximate surface area is 258 Å². The molecule has 5 atom stereocenters. The number of hydroxylamine groups is 1. The fraction of sp³-hybridized carbons (Fsp3) is 0.412. The van der Waals surface area contributed by atoms with Crippen molar-refractivity contribution in [3.05, 3.63) is 107 Å². The molecule has 3 aromatic rings. The molecule has 5 N–H and O–H groups in total. The summed E-state index contributed by atoms with van der Waals surface area (Å²) in [6.45, 7) is 2.90. The zero-order chi connectivity index (χ0) is 31.5. The van der Waals surface area contributed by atoms with Gasteiger partial charge in [-0.1, -0.05) is 78.9 Å². The Kier molecular flexibility index (Phi) is 12.4. The molecule has 1 saturated heterocycles. The van der Waals surface area contributed by atoms with Crippen molar-refractivity contribution >= 4 is 11.8 Å². The summed E-state index contributed by atoms with van der Waals surface area (Å²) in [6, 6.07) is 24.9. The molecule has 10 nitrogen and oxygen atoms in total. The van der Waals surface area contributed by atoms with Gasteiger partial charge in [-0.3, -0.25) is 19.7 Å². The summed E-state index contributed by atoms with van der Waals surface area (Å²) in [5.41, 5.74) is 6.00. The molecule has 10 heteroatoms. The van der Waals surface area contributed by atoms with Gasteiger partial charge in [0.25, 0.3) is 0 Å². The number of hydrogen-bond donors (Lipinski definition) is 5. The first-order valence-electron chi connectivity index (χ1n) is 15.0. The van der Waals surface area contributed by atoms with Crippen molar-refractivity contribution in [3.63, 3.8) is 0 Å². The molecular weight excluding hydrogens is 562 g/mol. The van der Waals surface area contributed by atoms with Gasteiger partial charge in [-0.25, -0.2) is 5.48 Å². The van der Waals surface area contributed by atoms with E-state index in [1.807, 2.05) is 92.8 Å². The third-order valence-electron chi connectivity index (χ3n) is 8.07. The number of ether oxygens (including phenoxy) is 2. The number of hydrogen-bond acceptors (Lipinski definition) is 8. The number of amides is 2. The van der Waals surface area contributed by atoms with Crippen LogP contribution in [0.5, 0.6) is 0 Å². The Morgan fingerprint density at radius 2 is 1.55 bits per heavy atom. The minimum Gasteiger partial charge on any atom is -0.392 e. The number of benzene rings is 3. The number of likely N-dealkylation sites (N-methyl/N-ethyl adjacent to an activating group) is 1. The molecule has 1 heterocycles. The minimum atomic E-state index is -0.647. The maximum absolute atomic E-state index is 12.1. The molecule has 1 fully saturated rings. The highest BCUT2D eigenvalue weighted by molar-refractivity contribution is 5.78. The van der Waals surface area contributed by atoms with Gasteiger partial charge in [0.2, 0.25) is 11.8 Å². The van der Waals surface area contributed by atoms with Gasteiger partial charge < -0.3 is 25.0 Å². The Bertz CT molecular complexity index is 1320. The number of nitrogens with zero attached hydrogens (tertiary/aromatic N) is 1. The predicted octanol–water partition coefficient (Wildman–Crippen LogP) is 4.07. The van der Waals surface area contributed by atoms with Crippen molar-refractivity contribution in [2.24, 2.45) is 0 Å². The zero-order valence-electron chi connectivity index (χ0n) is 25.3. The molecule has 0 spiro atoms. The van der Waals surface area contributed by atoms with E-state index < -0.39 is 18.3 Å². The van der Waals surface area contributed by atoms with Crippen LogP contribution in [-0.2, 0) is 32.2 Å². The fourth-order valence-electron chi connectivity index (χ4n) is 5.24. The highest BCUT2D eigenvalue weighted by atomic mass is 16.7. The largest absolute Gasteiger partial charge is 0.392 e. The second-order valence-corrected chi connectivity index (χ2v) is 11.3. The van der Waals surface area contributed by atoms with E-state index in [0.717, 1.165) is 27.8 Å². The van der Waals surface area contributed by atoms with E-state index in [0.29, 0.717) is 25.9 Å². The van der Waals surface area contributed by atoms with E-state index in [4.69, 9.17) is 14.7 Å². The maximum atomic E-state index is 12.1. The molecule has 1 aliphatic rings. The van der Waals surface area contributed by atoms with Crippen LogP contribution < -0.4 is 10.8 Å². The standard InChI is InChI=1S/C34H43N3O7/c1-23(33(41)27-7-4-3-5-8-27)37(2)21-29-19-30(26-15-13-25(22-38)14-16-26)44-34(43-29)28-17-11-24(12-18-28)20-35-31(39)9-6-10-32(40)36-42/h3-5,7-8,11-18,23,29-30,33-34,38,41-42H,6,9-10,19-22H2,1-2H3,(H,35,39)(H,36,40). The van der Waals surface area contributed by atoms with Crippen molar-refractivity contribution in [1.82, 2.24) is 15.7 Å². The van der Waals surface area contributed by atoms with Crippen LogP contribution in [-0.4, -0.2) is 57.9 Å². The van der Waals surface area contributed by atoms with Crippen LogP contribution in [0.25, 0.3) is 0 Å². The highest BCUT2D eigenvalue weighted by Crippen LogP contribution is 2.38. The topological polar surface area (TPSA) is 141 Å². The summed E-state index contributed by atoms with van der Waals surface area (Å²) in [5, 5.41) is 31.9. The SMILES string of the molecule is CC(C(O)c1ccccc1)N(C)CC1CC(c2ccc(CO)cc2)OC(c2ccc(CNC(=O)CCCC(=O)NO)cc2)O1. The second-order valence-electron chi connectivity index (χ2n) is 11.3. The molecule has 0 radical (unpaired) electrons. The molecule has 5 unspecified atom stereocenters. The normalized spacial score (nSPS) is 19.7. The lowest BCUT2D eigenvalue weighted by Gasteiger charge is -2.39. The summed E-state index contributed by atoms with van der Waals surface area (Å²) in [5.74, 6) is -0.689. The van der Waals surface area contributed by atoms with E-state index in [2.05, 4.69) is 10.2 Å². The summed E-state index contributed by atoms with van der Waals surface area (Å²) >= 11 is 0. The Morgan fingerprint density at radius 1 is 0.909 bits per heavy atom. The molecule has 0 aromatic heterocycles.